The van der Waals surface area contributed by atoms with Crippen molar-refractivity contribution in [1.82, 2.24) is 4.90 Å². The Balaban J connectivity index is 2.09. The van der Waals surface area contributed by atoms with Gasteiger partial charge in [0.2, 0.25) is 0 Å². The molecular weight excluding hydrogens is 200 g/mol. The monoisotopic (exact) mass is 218 g/mol. The molecule has 2 rings (SSSR count). The molecule has 0 amide bonds. The summed E-state index contributed by atoms with van der Waals surface area (Å²) in [7, 11) is 1.72. The molecule has 1 aromatic rings. The van der Waals surface area contributed by atoms with Crippen molar-refractivity contribution in [3.8, 4) is 0 Å². The van der Waals surface area contributed by atoms with E-state index in [-0.39, 0.29) is 0 Å². The van der Waals surface area contributed by atoms with Gasteiger partial charge in [0.25, 0.3) is 0 Å². The summed E-state index contributed by atoms with van der Waals surface area (Å²) in [4.78, 5) is 2.15. The van der Waals surface area contributed by atoms with Crippen molar-refractivity contribution >= 4 is 5.84 Å². The van der Waals surface area contributed by atoms with Crippen molar-refractivity contribution in [2.75, 3.05) is 20.3 Å². The van der Waals surface area contributed by atoms with Gasteiger partial charge in [-0.15, -0.1) is 0 Å². The second kappa shape index (κ2) is 5.12. The van der Waals surface area contributed by atoms with Gasteiger partial charge >= 0.3 is 0 Å². The second-order valence-corrected chi connectivity index (χ2v) is 4.16. The van der Waals surface area contributed by atoms with Crippen LogP contribution < -0.4 is 0 Å². The number of amidine groups is 1. The number of ether oxygens (including phenoxy) is 1. The van der Waals surface area contributed by atoms with E-state index in [2.05, 4.69) is 4.90 Å². The molecule has 1 N–H and O–H groups in total. The molecule has 3 nitrogen and oxygen atoms in total. The van der Waals surface area contributed by atoms with E-state index >= 15 is 0 Å². The summed E-state index contributed by atoms with van der Waals surface area (Å²) in [6.45, 7) is 1.69. The number of rotatable bonds is 3. The molecule has 1 atom stereocenters. The Labute approximate surface area is 96.5 Å². The SMILES string of the molecule is COCC1CCCN1C(=N)c1ccccc1. The summed E-state index contributed by atoms with van der Waals surface area (Å²) >= 11 is 0. The summed E-state index contributed by atoms with van der Waals surface area (Å²) in [6, 6.07) is 10.3. The number of nitrogens with one attached hydrogen (secondary N) is 1. The van der Waals surface area contributed by atoms with Gasteiger partial charge in [-0.3, -0.25) is 5.41 Å². The highest BCUT2D eigenvalue weighted by Gasteiger charge is 2.26. The quantitative estimate of drug-likeness (QED) is 0.623. The van der Waals surface area contributed by atoms with E-state index in [1.165, 1.54) is 0 Å². The first kappa shape index (κ1) is 11.1. The lowest BCUT2D eigenvalue weighted by Crippen LogP contribution is -2.38. The molecule has 0 radical (unpaired) electrons. The fourth-order valence-electron chi connectivity index (χ4n) is 2.26. The Morgan fingerprint density at radius 1 is 1.44 bits per heavy atom. The molecule has 16 heavy (non-hydrogen) atoms. The van der Waals surface area contributed by atoms with Crippen LogP contribution in [0.1, 0.15) is 18.4 Å². The zero-order chi connectivity index (χ0) is 11.4. The topological polar surface area (TPSA) is 36.3 Å². The summed E-state index contributed by atoms with van der Waals surface area (Å²) in [5, 5.41) is 8.21. The first-order valence-corrected chi connectivity index (χ1v) is 5.72. The van der Waals surface area contributed by atoms with Crippen molar-refractivity contribution in [1.29, 1.82) is 5.41 Å². The van der Waals surface area contributed by atoms with E-state index in [0.29, 0.717) is 11.9 Å². The van der Waals surface area contributed by atoms with Crippen molar-refractivity contribution in [2.24, 2.45) is 0 Å². The average molecular weight is 218 g/mol. The van der Waals surface area contributed by atoms with Crippen molar-refractivity contribution in [3.63, 3.8) is 0 Å². The number of benzene rings is 1. The summed E-state index contributed by atoms with van der Waals surface area (Å²) < 4.78 is 5.20. The Bertz CT molecular complexity index is 350. The van der Waals surface area contributed by atoms with E-state index in [1.807, 2.05) is 30.3 Å². The van der Waals surface area contributed by atoms with Crippen LogP contribution in [0, 0.1) is 5.41 Å². The lowest BCUT2D eigenvalue weighted by Gasteiger charge is -2.26. The van der Waals surface area contributed by atoms with Gasteiger partial charge in [0, 0.05) is 19.2 Å². The molecule has 1 unspecified atom stereocenters. The van der Waals surface area contributed by atoms with Gasteiger partial charge in [-0.05, 0) is 12.8 Å². The number of likely N-dealkylation sites (tertiary alicyclic amines) is 1. The number of nitrogens with zero attached hydrogens (tertiary/aromatic N) is 1. The predicted octanol–water partition coefficient (Wildman–Crippen LogP) is 2.12. The lowest BCUT2D eigenvalue weighted by atomic mass is 10.1. The first-order chi connectivity index (χ1) is 7.83. The molecule has 86 valence electrons. The van der Waals surface area contributed by atoms with Crippen LogP contribution in [-0.4, -0.2) is 37.0 Å². The predicted molar refractivity (Wildman–Crippen MR) is 64.9 cm³/mol. The maximum Gasteiger partial charge on any atom is 0.128 e. The van der Waals surface area contributed by atoms with Crippen LogP contribution in [0.2, 0.25) is 0 Å². The van der Waals surface area contributed by atoms with Crippen LogP contribution in [-0.2, 0) is 4.74 Å². The summed E-state index contributed by atoms with van der Waals surface area (Å²) in [5.41, 5.74) is 0.991. The van der Waals surface area contributed by atoms with Crippen molar-refractivity contribution in [2.45, 2.75) is 18.9 Å². The minimum Gasteiger partial charge on any atom is -0.383 e. The van der Waals surface area contributed by atoms with Gasteiger partial charge < -0.3 is 9.64 Å². The minimum atomic E-state index is 0.373. The third kappa shape index (κ3) is 2.25. The van der Waals surface area contributed by atoms with Crippen molar-refractivity contribution in [3.05, 3.63) is 35.9 Å². The molecule has 0 spiro atoms. The molecule has 1 saturated heterocycles. The average Bonchev–Trinajstić information content (AvgIpc) is 2.78. The highest BCUT2D eigenvalue weighted by atomic mass is 16.5. The third-order valence-electron chi connectivity index (χ3n) is 3.07. The molecule has 1 aliphatic heterocycles. The fraction of sp³-hybridized carbons (Fsp3) is 0.462. The third-order valence-corrected chi connectivity index (χ3v) is 3.07. The zero-order valence-corrected chi connectivity index (χ0v) is 9.65. The Morgan fingerprint density at radius 3 is 2.88 bits per heavy atom. The number of methoxy groups -OCH3 is 1. The van der Waals surface area contributed by atoms with Crippen LogP contribution in [0.15, 0.2) is 30.3 Å². The van der Waals surface area contributed by atoms with E-state index in [9.17, 15) is 0 Å². The highest BCUT2D eigenvalue weighted by molar-refractivity contribution is 5.96. The maximum absolute atomic E-state index is 8.21. The van der Waals surface area contributed by atoms with Crippen LogP contribution in [0.5, 0.6) is 0 Å². The van der Waals surface area contributed by atoms with E-state index in [1.54, 1.807) is 7.11 Å². The van der Waals surface area contributed by atoms with Gasteiger partial charge in [0.05, 0.1) is 12.6 Å². The Morgan fingerprint density at radius 2 is 2.19 bits per heavy atom. The molecule has 1 aliphatic rings. The van der Waals surface area contributed by atoms with Crippen molar-refractivity contribution < 1.29 is 4.74 Å². The minimum absolute atomic E-state index is 0.373. The number of hydrogen-bond donors (Lipinski definition) is 1. The summed E-state index contributed by atoms with van der Waals surface area (Å²) in [6.07, 6.45) is 2.28. The van der Waals surface area contributed by atoms with Crippen LogP contribution >= 0.6 is 0 Å². The summed E-state index contributed by atoms with van der Waals surface area (Å²) in [5.74, 6) is 0.625. The molecule has 1 heterocycles. The van der Waals surface area contributed by atoms with E-state index in [4.69, 9.17) is 10.1 Å². The van der Waals surface area contributed by atoms with Gasteiger partial charge in [0.15, 0.2) is 0 Å². The molecule has 0 aromatic heterocycles. The highest BCUT2D eigenvalue weighted by Crippen LogP contribution is 2.20. The second-order valence-electron chi connectivity index (χ2n) is 4.16. The Kier molecular flexibility index (Phi) is 3.57. The van der Waals surface area contributed by atoms with Gasteiger partial charge in [0.1, 0.15) is 5.84 Å². The molecule has 0 saturated carbocycles. The molecule has 0 aliphatic carbocycles. The zero-order valence-electron chi connectivity index (χ0n) is 9.65. The Hall–Kier alpha value is -1.35. The van der Waals surface area contributed by atoms with E-state index in [0.717, 1.165) is 31.6 Å². The molecule has 0 bridgehead atoms. The normalized spacial score (nSPS) is 20.1. The largest absolute Gasteiger partial charge is 0.383 e. The standard InChI is InChI=1S/C13H18N2O/c1-16-10-12-8-5-9-15(12)13(14)11-6-3-2-4-7-11/h2-4,6-7,12,14H,5,8-10H2,1H3. The molecule has 1 fully saturated rings. The molecular formula is C13H18N2O. The first-order valence-electron chi connectivity index (χ1n) is 5.72. The van der Waals surface area contributed by atoms with Gasteiger partial charge in [-0.25, -0.2) is 0 Å². The maximum atomic E-state index is 8.21. The van der Waals surface area contributed by atoms with Crippen LogP contribution in [0.25, 0.3) is 0 Å². The number of hydrogen-bond acceptors (Lipinski definition) is 2. The molecule has 1 aromatic carbocycles. The van der Waals surface area contributed by atoms with E-state index < -0.39 is 0 Å². The lowest BCUT2D eigenvalue weighted by molar-refractivity contribution is 0.145. The molecule has 3 heteroatoms. The smallest absolute Gasteiger partial charge is 0.128 e. The van der Waals surface area contributed by atoms with Gasteiger partial charge in [-0.1, -0.05) is 30.3 Å². The fourth-order valence-corrected chi connectivity index (χ4v) is 2.26. The van der Waals surface area contributed by atoms with Crippen LogP contribution in [0.4, 0.5) is 0 Å². The van der Waals surface area contributed by atoms with Crippen LogP contribution in [0.3, 0.4) is 0 Å². The van der Waals surface area contributed by atoms with Gasteiger partial charge in [-0.2, -0.15) is 0 Å².